The summed E-state index contributed by atoms with van der Waals surface area (Å²) in [5.41, 5.74) is 1.13. The Balaban J connectivity index is 2.11. The van der Waals surface area contributed by atoms with E-state index >= 15 is 0 Å². The monoisotopic (exact) mass is 251 g/mol. The molecule has 2 rings (SSSR count). The van der Waals surface area contributed by atoms with Gasteiger partial charge in [0.15, 0.2) is 6.10 Å². The molecule has 0 saturated heterocycles. The number of hydrogen-bond acceptors (Lipinski definition) is 3. The average Bonchev–Trinajstić information content (AvgIpc) is 2.47. The number of ether oxygens (including phenoxy) is 1. The van der Waals surface area contributed by atoms with Crippen molar-refractivity contribution >= 4 is 5.78 Å². The van der Waals surface area contributed by atoms with Crippen molar-refractivity contribution < 1.29 is 9.53 Å². The SMILES string of the molecule is C[C@H](Oc1cccc(C#N)c1)C(=O)c1ccccc1. The predicted molar refractivity (Wildman–Crippen MR) is 72.0 cm³/mol. The number of ketones is 1. The third kappa shape index (κ3) is 3.20. The van der Waals surface area contributed by atoms with Crippen LogP contribution in [0.1, 0.15) is 22.8 Å². The van der Waals surface area contributed by atoms with Crippen LogP contribution in [0.25, 0.3) is 0 Å². The Bertz CT molecular complexity index is 614. The van der Waals surface area contributed by atoms with Gasteiger partial charge in [-0.1, -0.05) is 36.4 Å². The average molecular weight is 251 g/mol. The number of nitriles is 1. The molecule has 1 atom stereocenters. The fraction of sp³-hybridized carbons (Fsp3) is 0.125. The Kier molecular flexibility index (Phi) is 3.94. The molecular formula is C16H13NO2. The van der Waals surface area contributed by atoms with Crippen molar-refractivity contribution in [2.45, 2.75) is 13.0 Å². The third-order valence-electron chi connectivity index (χ3n) is 2.70. The Morgan fingerprint density at radius 2 is 1.89 bits per heavy atom. The van der Waals surface area contributed by atoms with E-state index in [9.17, 15) is 4.79 Å². The summed E-state index contributed by atoms with van der Waals surface area (Å²) in [6.07, 6.45) is -0.587. The first kappa shape index (κ1) is 12.8. The number of carbonyl (C=O) groups excluding carboxylic acids is 1. The zero-order valence-electron chi connectivity index (χ0n) is 10.5. The zero-order chi connectivity index (χ0) is 13.7. The van der Waals surface area contributed by atoms with Gasteiger partial charge in [-0.15, -0.1) is 0 Å². The molecule has 3 heteroatoms. The highest BCUT2D eigenvalue weighted by Gasteiger charge is 2.16. The first-order valence-electron chi connectivity index (χ1n) is 5.97. The molecule has 0 fully saturated rings. The lowest BCUT2D eigenvalue weighted by Gasteiger charge is -2.13. The summed E-state index contributed by atoms with van der Waals surface area (Å²) < 4.78 is 5.57. The predicted octanol–water partition coefficient (Wildman–Crippen LogP) is 3.21. The maximum Gasteiger partial charge on any atom is 0.202 e. The number of benzene rings is 2. The van der Waals surface area contributed by atoms with Crippen LogP contribution in [-0.2, 0) is 0 Å². The molecule has 0 aliphatic carbocycles. The van der Waals surface area contributed by atoms with Crippen LogP contribution in [0.2, 0.25) is 0 Å². The summed E-state index contributed by atoms with van der Waals surface area (Å²) in [7, 11) is 0. The standard InChI is InChI=1S/C16H13NO2/c1-12(16(18)14-7-3-2-4-8-14)19-15-9-5-6-13(10-15)11-17/h2-10,12H,1H3/t12-/m0/s1. The fourth-order valence-electron chi connectivity index (χ4n) is 1.73. The molecule has 0 spiro atoms. The van der Waals surface area contributed by atoms with Crippen molar-refractivity contribution in [3.63, 3.8) is 0 Å². The van der Waals surface area contributed by atoms with Gasteiger partial charge in [-0.25, -0.2) is 0 Å². The van der Waals surface area contributed by atoms with E-state index in [1.165, 1.54) is 0 Å². The van der Waals surface area contributed by atoms with Crippen molar-refractivity contribution in [2.24, 2.45) is 0 Å². The van der Waals surface area contributed by atoms with Crippen LogP contribution in [0, 0.1) is 11.3 Å². The molecule has 0 heterocycles. The van der Waals surface area contributed by atoms with Crippen molar-refractivity contribution in [1.29, 1.82) is 5.26 Å². The third-order valence-corrected chi connectivity index (χ3v) is 2.70. The lowest BCUT2D eigenvalue weighted by Crippen LogP contribution is -2.23. The summed E-state index contributed by atoms with van der Waals surface area (Å²) in [5.74, 6) is 0.443. The first-order chi connectivity index (χ1) is 9.20. The molecule has 0 aliphatic heterocycles. The Hall–Kier alpha value is -2.60. The molecule has 0 N–H and O–H groups in total. The van der Waals surface area contributed by atoms with Crippen LogP contribution in [0.5, 0.6) is 5.75 Å². The van der Waals surface area contributed by atoms with Crippen LogP contribution in [0.4, 0.5) is 0 Å². The van der Waals surface area contributed by atoms with Gasteiger partial charge in [0.25, 0.3) is 0 Å². The van der Waals surface area contributed by atoms with Gasteiger partial charge >= 0.3 is 0 Å². The zero-order valence-corrected chi connectivity index (χ0v) is 10.5. The molecule has 2 aromatic carbocycles. The molecule has 2 aromatic rings. The van der Waals surface area contributed by atoms with E-state index in [1.807, 2.05) is 24.3 Å². The van der Waals surface area contributed by atoms with E-state index in [2.05, 4.69) is 0 Å². The molecule has 0 unspecified atom stereocenters. The summed E-state index contributed by atoms with van der Waals surface area (Å²) in [4.78, 5) is 12.1. The highest BCUT2D eigenvalue weighted by atomic mass is 16.5. The van der Waals surface area contributed by atoms with Gasteiger partial charge in [-0.05, 0) is 25.1 Å². The van der Waals surface area contributed by atoms with Crippen molar-refractivity contribution in [1.82, 2.24) is 0 Å². The van der Waals surface area contributed by atoms with Crippen molar-refractivity contribution in [3.05, 3.63) is 65.7 Å². The molecule has 0 radical (unpaired) electrons. The van der Waals surface area contributed by atoms with Gasteiger partial charge < -0.3 is 4.74 Å². The molecule has 19 heavy (non-hydrogen) atoms. The lowest BCUT2D eigenvalue weighted by atomic mass is 10.1. The van der Waals surface area contributed by atoms with Crippen LogP contribution >= 0.6 is 0 Å². The maximum absolute atomic E-state index is 12.1. The lowest BCUT2D eigenvalue weighted by molar-refractivity contribution is 0.0818. The van der Waals surface area contributed by atoms with Crippen molar-refractivity contribution in [2.75, 3.05) is 0 Å². The quantitative estimate of drug-likeness (QED) is 0.784. The summed E-state index contributed by atoms with van der Waals surface area (Å²) >= 11 is 0. The highest BCUT2D eigenvalue weighted by Crippen LogP contribution is 2.16. The second-order valence-electron chi connectivity index (χ2n) is 4.13. The van der Waals surface area contributed by atoms with Gasteiger partial charge in [0, 0.05) is 5.56 Å². The van der Waals surface area contributed by atoms with Crippen LogP contribution in [0.3, 0.4) is 0 Å². The number of rotatable bonds is 4. The largest absolute Gasteiger partial charge is 0.483 e. The van der Waals surface area contributed by atoms with Gasteiger partial charge in [0.2, 0.25) is 5.78 Å². The van der Waals surface area contributed by atoms with Crippen LogP contribution in [0.15, 0.2) is 54.6 Å². The fourth-order valence-corrected chi connectivity index (χ4v) is 1.73. The number of carbonyl (C=O) groups is 1. The molecule has 0 bridgehead atoms. The molecule has 0 aromatic heterocycles. The van der Waals surface area contributed by atoms with Crippen LogP contribution < -0.4 is 4.74 Å². The van der Waals surface area contributed by atoms with E-state index < -0.39 is 6.10 Å². The molecule has 0 aliphatic rings. The van der Waals surface area contributed by atoms with E-state index in [4.69, 9.17) is 10.00 Å². The molecule has 0 amide bonds. The Morgan fingerprint density at radius 3 is 2.58 bits per heavy atom. The second-order valence-corrected chi connectivity index (χ2v) is 4.13. The minimum Gasteiger partial charge on any atom is -0.483 e. The normalized spacial score (nSPS) is 11.4. The van der Waals surface area contributed by atoms with Crippen molar-refractivity contribution in [3.8, 4) is 11.8 Å². The summed E-state index contributed by atoms with van der Waals surface area (Å²) in [6, 6.07) is 17.8. The first-order valence-corrected chi connectivity index (χ1v) is 5.97. The van der Waals surface area contributed by atoms with Gasteiger partial charge in [-0.3, -0.25) is 4.79 Å². The Labute approximate surface area is 112 Å². The van der Waals surface area contributed by atoms with E-state index in [1.54, 1.807) is 43.3 Å². The molecule has 3 nitrogen and oxygen atoms in total. The maximum atomic E-state index is 12.1. The number of nitrogens with zero attached hydrogens (tertiary/aromatic N) is 1. The molecular weight excluding hydrogens is 238 g/mol. The summed E-state index contributed by atoms with van der Waals surface area (Å²) in [5, 5.41) is 8.81. The van der Waals surface area contributed by atoms with Gasteiger partial charge in [0.05, 0.1) is 11.6 Å². The summed E-state index contributed by atoms with van der Waals surface area (Å²) in [6.45, 7) is 1.70. The second kappa shape index (κ2) is 5.83. The van der Waals surface area contributed by atoms with Gasteiger partial charge in [0.1, 0.15) is 5.75 Å². The number of Topliss-reactive ketones (excluding diaryl/α,β-unsaturated/α-hetero) is 1. The molecule has 0 saturated carbocycles. The minimum absolute atomic E-state index is 0.0806. The van der Waals surface area contributed by atoms with E-state index in [0.29, 0.717) is 16.9 Å². The van der Waals surface area contributed by atoms with E-state index in [-0.39, 0.29) is 5.78 Å². The Morgan fingerprint density at radius 1 is 1.16 bits per heavy atom. The topological polar surface area (TPSA) is 50.1 Å². The minimum atomic E-state index is -0.587. The molecule has 94 valence electrons. The van der Waals surface area contributed by atoms with E-state index in [0.717, 1.165) is 0 Å². The van der Waals surface area contributed by atoms with Gasteiger partial charge in [-0.2, -0.15) is 5.26 Å². The number of hydrogen-bond donors (Lipinski definition) is 0. The van der Waals surface area contributed by atoms with Crippen LogP contribution in [-0.4, -0.2) is 11.9 Å². The smallest absolute Gasteiger partial charge is 0.202 e. The highest BCUT2D eigenvalue weighted by molar-refractivity contribution is 5.99.